The Morgan fingerprint density at radius 2 is 1.86 bits per heavy atom. The Labute approximate surface area is 143 Å². The van der Waals surface area contributed by atoms with Gasteiger partial charge in [0.2, 0.25) is 0 Å². The van der Waals surface area contributed by atoms with Crippen LogP contribution in [0.25, 0.3) is 0 Å². The zero-order valence-electron chi connectivity index (χ0n) is 12.4. The second kappa shape index (κ2) is 7.43. The Morgan fingerprint density at radius 3 is 2.43 bits per heavy atom. The molecule has 0 fully saturated rings. The minimum atomic E-state index is 0.161. The molecule has 0 saturated heterocycles. The van der Waals surface area contributed by atoms with Gasteiger partial charge in [-0.25, -0.2) is 0 Å². The lowest BCUT2D eigenvalue weighted by Crippen LogP contribution is -2.22. The first-order valence-corrected chi connectivity index (χ1v) is 8.47. The molecule has 0 saturated carbocycles. The molecule has 0 bridgehead atoms. The molecule has 2 aromatic rings. The Morgan fingerprint density at radius 1 is 1.10 bits per heavy atom. The first-order chi connectivity index (χ1) is 10.0. The van der Waals surface area contributed by atoms with Crippen molar-refractivity contribution in [2.75, 3.05) is 13.7 Å². The molecule has 2 aromatic carbocycles. The number of benzene rings is 2. The van der Waals surface area contributed by atoms with Gasteiger partial charge in [0.15, 0.2) is 0 Å². The number of ether oxygens (including phenoxy) is 1. The molecule has 0 spiro atoms. The highest BCUT2D eigenvalue weighted by Gasteiger charge is 2.15. The summed E-state index contributed by atoms with van der Waals surface area (Å²) in [6.45, 7) is 5.14. The standard InChI is InChI=1S/C17H19Br2NO/c1-4-20-17(13-7-11(2)8-14(18)9-13)12-5-6-16(21-3)15(19)10-12/h5-10,17,20H,4H2,1-3H3. The van der Waals surface area contributed by atoms with Gasteiger partial charge in [-0.1, -0.05) is 35.0 Å². The van der Waals surface area contributed by atoms with Crippen molar-refractivity contribution in [3.63, 3.8) is 0 Å². The molecular formula is C17H19Br2NO. The molecule has 2 nitrogen and oxygen atoms in total. The fourth-order valence-corrected chi connectivity index (χ4v) is 3.61. The monoisotopic (exact) mass is 411 g/mol. The highest BCUT2D eigenvalue weighted by molar-refractivity contribution is 9.10. The van der Waals surface area contributed by atoms with Crippen LogP contribution in [0.1, 0.15) is 29.7 Å². The largest absolute Gasteiger partial charge is 0.496 e. The molecule has 21 heavy (non-hydrogen) atoms. The molecule has 2 rings (SSSR count). The highest BCUT2D eigenvalue weighted by atomic mass is 79.9. The summed E-state index contributed by atoms with van der Waals surface area (Å²) in [5.41, 5.74) is 3.71. The summed E-state index contributed by atoms with van der Waals surface area (Å²) in [7, 11) is 1.68. The van der Waals surface area contributed by atoms with Crippen molar-refractivity contribution in [3.8, 4) is 5.75 Å². The molecule has 0 aromatic heterocycles. The van der Waals surface area contributed by atoms with Crippen molar-refractivity contribution in [2.24, 2.45) is 0 Å². The van der Waals surface area contributed by atoms with Crippen molar-refractivity contribution in [1.29, 1.82) is 0 Å². The topological polar surface area (TPSA) is 21.3 Å². The van der Waals surface area contributed by atoms with E-state index in [1.165, 1.54) is 16.7 Å². The van der Waals surface area contributed by atoms with Crippen molar-refractivity contribution in [2.45, 2.75) is 19.9 Å². The Bertz CT molecular complexity index is 608. The van der Waals surface area contributed by atoms with Gasteiger partial charge in [0.25, 0.3) is 0 Å². The Hall–Kier alpha value is -0.840. The molecule has 0 aliphatic carbocycles. The maximum atomic E-state index is 5.31. The third-order valence-corrected chi connectivity index (χ3v) is 4.39. The number of aryl methyl sites for hydroxylation is 1. The second-order valence-corrected chi connectivity index (χ2v) is 6.72. The van der Waals surface area contributed by atoms with E-state index in [9.17, 15) is 0 Å². The fraction of sp³-hybridized carbons (Fsp3) is 0.294. The molecule has 4 heteroatoms. The molecule has 0 aliphatic rings. The van der Waals surface area contributed by atoms with E-state index < -0.39 is 0 Å². The lowest BCUT2D eigenvalue weighted by molar-refractivity contribution is 0.412. The van der Waals surface area contributed by atoms with Crippen LogP contribution in [-0.4, -0.2) is 13.7 Å². The number of hydrogen-bond acceptors (Lipinski definition) is 2. The van der Waals surface area contributed by atoms with Gasteiger partial charge in [0.1, 0.15) is 5.75 Å². The molecule has 0 amide bonds. The Kier molecular flexibility index (Phi) is 5.85. The zero-order valence-corrected chi connectivity index (χ0v) is 15.6. The summed E-state index contributed by atoms with van der Waals surface area (Å²) in [4.78, 5) is 0. The number of methoxy groups -OCH3 is 1. The van der Waals surface area contributed by atoms with Crippen LogP contribution in [0.15, 0.2) is 45.3 Å². The zero-order chi connectivity index (χ0) is 15.4. The van der Waals surface area contributed by atoms with Crippen LogP contribution < -0.4 is 10.1 Å². The van der Waals surface area contributed by atoms with Crippen LogP contribution in [0, 0.1) is 6.92 Å². The Balaban J connectivity index is 2.45. The van der Waals surface area contributed by atoms with Gasteiger partial charge in [-0.3, -0.25) is 0 Å². The van der Waals surface area contributed by atoms with Crippen molar-refractivity contribution in [1.82, 2.24) is 5.32 Å². The fourth-order valence-electron chi connectivity index (χ4n) is 2.43. The summed E-state index contributed by atoms with van der Waals surface area (Å²) in [6, 6.07) is 12.9. The van der Waals surface area contributed by atoms with Crippen molar-refractivity contribution in [3.05, 3.63) is 62.0 Å². The van der Waals surface area contributed by atoms with Gasteiger partial charge in [-0.15, -0.1) is 0 Å². The van der Waals surface area contributed by atoms with E-state index in [2.05, 4.69) is 81.4 Å². The summed E-state index contributed by atoms with van der Waals surface area (Å²) in [5.74, 6) is 0.847. The highest BCUT2D eigenvalue weighted by Crippen LogP contribution is 2.31. The quantitative estimate of drug-likeness (QED) is 0.725. The molecule has 1 atom stereocenters. The molecule has 0 aliphatic heterocycles. The van der Waals surface area contributed by atoms with E-state index in [1.807, 2.05) is 6.07 Å². The van der Waals surface area contributed by atoms with E-state index >= 15 is 0 Å². The van der Waals surface area contributed by atoms with Crippen LogP contribution in [0.5, 0.6) is 5.75 Å². The minimum absolute atomic E-state index is 0.161. The predicted molar refractivity (Wildman–Crippen MR) is 95.1 cm³/mol. The third-order valence-electron chi connectivity index (χ3n) is 3.32. The van der Waals surface area contributed by atoms with Crippen LogP contribution >= 0.6 is 31.9 Å². The van der Waals surface area contributed by atoms with E-state index in [1.54, 1.807) is 7.11 Å². The summed E-state index contributed by atoms with van der Waals surface area (Å²) in [6.07, 6.45) is 0. The molecule has 0 heterocycles. The maximum absolute atomic E-state index is 5.31. The van der Waals surface area contributed by atoms with Crippen LogP contribution in [-0.2, 0) is 0 Å². The third kappa shape index (κ3) is 4.09. The molecule has 1 unspecified atom stereocenters. The second-order valence-electron chi connectivity index (χ2n) is 4.95. The van der Waals surface area contributed by atoms with E-state index in [0.29, 0.717) is 0 Å². The van der Waals surface area contributed by atoms with Crippen molar-refractivity contribution >= 4 is 31.9 Å². The van der Waals surface area contributed by atoms with Gasteiger partial charge in [-0.05, 0) is 70.4 Å². The summed E-state index contributed by atoms with van der Waals surface area (Å²) in [5, 5.41) is 3.55. The first kappa shape index (κ1) is 16.5. The van der Waals surface area contributed by atoms with Crippen LogP contribution in [0.2, 0.25) is 0 Å². The van der Waals surface area contributed by atoms with Gasteiger partial charge in [0, 0.05) is 4.47 Å². The number of nitrogens with one attached hydrogen (secondary N) is 1. The minimum Gasteiger partial charge on any atom is -0.496 e. The van der Waals surface area contributed by atoms with Gasteiger partial charge in [-0.2, -0.15) is 0 Å². The van der Waals surface area contributed by atoms with E-state index in [0.717, 1.165) is 21.2 Å². The van der Waals surface area contributed by atoms with Gasteiger partial charge < -0.3 is 10.1 Å². The molecule has 112 valence electrons. The van der Waals surface area contributed by atoms with Gasteiger partial charge >= 0.3 is 0 Å². The number of rotatable bonds is 5. The summed E-state index contributed by atoms with van der Waals surface area (Å²) < 4.78 is 7.38. The van der Waals surface area contributed by atoms with E-state index in [4.69, 9.17) is 4.74 Å². The normalized spacial score (nSPS) is 12.2. The lowest BCUT2D eigenvalue weighted by atomic mass is 9.97. The van der Waals surface area contributed by atoms with Gasteiger partial charge in [0.05, 0.1) is 17.6 Å². The van der Waals surface area contributed by atoms with Crippen LogP contribution in [0.3, 0.4) is 0 Å². The smallest absolute Gasteiger partial charge is 0.133 e. The average Bonchev–Trinajstić information content (AvgIpc) is 2.43. The SMILES string of the molecule is CCNC(c1cc(C)cc(Br)c1)c1ccc(OC)c(Br)c1. The average molecular weight is 413 g/mol. The van der Waals surface area contributed by atoms with Crippen molar-refractivity contribution < 1.29 is 4.74 Å². The lowest BCUT2D eigenvalue weighted by Gasteiger charge is -2.20. The molecule has 0 radical (unpaired) electrons. The maximum Gasteiger partial charge on any atom is 0.133 e. The first-order valence-electron chi connectivity index (χ1n) is 6.89. The molecular weight excluding hydrogens is 394 g/mol. The number of hydrogen-bond donors (Lipinski definition) is 1. The van der Waals surface area contributed by atoms with E-state index in [-0.39, 0.29) is 6.04 Å². The predicted octanol–water partition coefficient (Wildman–Crippen LogP) is 5.23. The van der Waals surface area contributed by atoms with Crippen LogP contribution in [0.4, 0.5) is 0 Å². The summed E-state index contributed by atoms with van der Waals surface area (Å²) >= 11 is 7.15. The number of halogens is 2. The molecule has 1 N–H and O–H groups in total.